The number of ether oxygens (including phenoxy) is 2. The van der Waals surface area contributed by atoms with Crippen molar-refractivity contribution in [3.8, 4) is 11.5 Å². The highest BCUT2D eigenvalue weighted by Crippen LogP contribution is 2.28. The van der Waals surface area contributed by atoms with Gasteiger partial charge in [-0.1, -0.05) is 42.5 Å². The summed E-state index contributed by atoms with van der Waals surface area (Å²) in [5, 5.41) is 0.660. The lowest BCUT2D eigenvalue weighted by atomic mass is 10.1. The van der Waals surface area contributed by atoms with Crippen molar-refractivity contribution in [2.24, 2.45) is 0 Å². The van der Waals surface area contributed by atoms with Gasteiger partial charge in [-0.25, -0.2) is 0 Å². The largest absolute Gasteiger partial charge is 0.493 e. The van der Waals surface area contributed by atoms with Crippen LogP contribution in [0.15, 0.2) is 61.2 Å². The van der Waals surface area contributed by atoms with Crippen molar-refractivity contribution in [2.75, 3.05) is 13.7 Å². The summed E-state index contributed by atoms with van der Waals surface area (Å²) in [6.45, 7) is 3.95. The molecule has 0 atom stereocenters. The van der Waals surface area contributed by atoms with Crippen LogP contribution in [-0.4, -0.2) is 19.5 Å². The van der Waals surface area contributed by atoms with Gasteiger partial charge in [0.2, 0.25) is 0 Å². The Morgan fingerprint density at radius 3 is 2.57 bits per heavy atom. The average Bonchev–Trinajstić information content (AvgIpc) is 2.58. The Balaban J connectivity index is 2.18. The fourth-order valence-electron chi connectivity index (χ4n) is 1.93. The maximum atomic E-state index is 12.3. The van der Waals surface area contributed by atoms with Gasteiger partial charge in [0.1, 0.15) is 6.61 Å². The van der Waals surface area contributed by atoms with E-state index in [9.17, 15) is 4.79 Å². The van der Waals surface area contributed by atoms with Gasteiger partial charge in [0.25, 0.3) is 0 Å². The summed E-state index contributed by atoms with van der Waals surface area (Å²) in [7, 11) is 1.55. The first-order chi connectivity index (χ1) is 11.1. The van der Waals surface area contributed by atoms with E-state index >= 15 is 0 Å². The Kier molecular flexibility index (Phi) is 6.01. The van der Waals surface area contributed by atoms with Gasteiger partial charge in [0, 0.05) is 10.6 Å². The number of carbonyl (C=O) groups is 1. The zero-order chi connectivity index (χ0) is 16.7. The lowest BCUT2D eigenvalue weighted by Gasteiger charge is -2.10. The molecule has 3 nitrogen and oxygen atoms in total. The molecule has 0 aliphatic heterocycles. The molecule has 0 aliphatic carbocycles. The quantitative estimate of drug-likeness (QED) is 0.415. The first kappa shape index (κ1) is 16.8. The van der Waals surface area contributed by atoms with Gasteiger partial charge in [-0.15, -0.1) is 0 Å². The Morgan fingerprint density at radius 2 is 1.91 bits per heavy atom. The lowest BCUT2D eigenvalue weighted by molar-refractivity contribution is 0.104. The number of allylic oxidation sites excluding steroid dienone is 1. The number of halogens is 1. The molecule has 0 unspecified atom stereocenters. The van der Waals surface area contributed by atoms with E-state index < -0.39 is 0 Å². The highest BCUT2D eigenvalue weighted by atomic mass is 35.5. The first-order valence-corrected chi connectivity index (χ1v) is 7.41. The van der Waals surface area contributed by atoms with Crippen molar-refractivity contribution in [3.63, 3.8) is 0 Å². The molecule has 0 N–H and O–H groups in total. The Hall–Kier alpha value is -2.52. The highest BCUT2D eigenvalue weighted by molar-refractivity contribution is 6.30. The molecule has 2 rings (SSSR count). The molecule has 0 radical (unpaired) electrons. The van der Waals surface area contributed by atoms with E-state index in [2.05, 4.69) is 6.58 Å². The SMILES string of the molecule is C=CCOc1cc(C(=O)/C=C/c2ccc(Cl)cc2)ccc1OC. The number of carbonyl (C=O) groups excluding carboxylic acids is 1. The molecule has 0 bridgehead atoms. The number of ketones is 1. The van der Waals surface area contributed by atoms with Gasteiger partial charge in [0.15, 0.2) is 17.3 Å². The van der Waals surface area contributed by atoms with Gasteiger partial charge in [0.05, 0.1) is 7.11 Å². The average molecular weight is 329 g/mol. The predicted octanol–water partition coefficient (Wildman–Crippen LogP) is 4.81. The summed E-state index contributed by atoms with van der Waals surface area (Å²) in [6.07, 6.45) is 4.89. The summed E-state index contributed by atoms with van der Waals surface area (Å²) in [5.41, 5.74) is 1.43. The first-order valence-electron chi connectivity index (χ1n) is 7.03. The van der Waals surface area contributed by atoms with E-state index in [4.69, 9.17) is 21.1 Å². The topological polar surface area (TPSA) is 35.5 Å². The zero-order valence-electron chi connectivity index (χ0n) is 12.8. The van der Waals surface area contributed by atoms with Crippen LogP contribution in [0.5, 0.6) is 11.5 Å². The summed E-state index contributed by atoms with van der Waals surface area (Å²) in [6, 6.07) is 12.3. The lowest BCUT2D eigenvalue weighted by Crippen LogP contribution is -2.00. The molecule has 118 valence electrons. The Labute approximate surface area is 140 Å². The van der Waals surface area contributed by atoms with Crippen molar-refractivity contribution in [3.05, 3.63) is 77.3 Å². The van der Waals surface area contributed by atoms with E-state index in [1.807, 2.05) is 12.1 Å². The van der Waals surface area contributed by atoms with Gasteiger partial charge >= 0.3 is 0 Å². The smallest absolute Gasteiger partial charge is 0.185 e. The second-order valence-corrected chi connectivity index (χ2v) is 5.15. The molecule has 4 heteroatoms. The number of benzene rings is 2. The molecule has 2 aromatic rings. The standard InChI is InChI=1S/C19H17ClO3/c1-3-12-23-19-13-15(7-11-18(19)22-2)17(21)10-6-14-4-8-16(20)9-5-14/h3-11,13H,1,12H2,2H3/b10-6+. The van der Waals surface area contributed by atoms with Crippen molar-refractivity contribution < 1.29 is 14.3 Å². The zero-order valence-corrected chi connectivity index (χ0v) is 13.5. The maximum absolute atomic E-state index is 12.3. The molecular weight excluding hydrogens is 312 g/mol. The number of methoxy groups -OCH3 is 1. The number of hydrogen-bond donors (Lipinski definition) is 0. The predicted molar refractivity (Wildman–Crippen MR) is 93.5 cm³/mol. The van der Waals surface area contributed by atoms with Crippen LogP contribution in [0.2, 0.25) is 5.02 Å². The van der Waals surface area contributed by atoms with Crippen molar-refractivity contribution in [2.45, 2.75) is 0 Å². The van der Waals surface area contributed by atoms with Crippen LogP contribution in [0.1, 0.15) is 15.9 Å². The van der Waals surface area contributed by atoms with E-state index in [-0.39, 0.29) is 5.78 Å². The molecular formula is C19H17ClO3. The molecule has 23 heavy (non-hydrogen) atoms. The molecule has 0 saturated carbocycles. The minimum absolute atomic E-state index is 0.119. The molecule has 0 fully saturated rings. The monoisotopic (exact) mass is 328 g/mol. The van der Waals surface area contributed by atoms with Gasteiger partial charge in [-0.3, -0.25) is 4.79 Å². The third kappa shape index (κ3) is 4.73. The molecule has 0 aromatic heterocycles. The number of rotatable bonds is 7. The molecule has 0 saturated heterocycles. The van der Waals surface area contributed by atoms with E-state index in [1.54, 1.807) is 49.6 Å². The minimum atomic E-state index is -0.119. The van der Waals surface area contributed by atoms with Gasteiger partial charge in [-0.2, -0.15) is 0 Å². The van der Waals surface area contributed by atoms with Crippen LogP contribution >= 0.6 is 11.6 Å². The summed E-state index contributed by atoms with van der Waals surface area (Å²) >= 11 is 5.83. The number of hydrogen-bond acceptors (Lipinski definition) is 3. The van der Waals surface area contributed by atoms with E-state index in [1.165, 1.54) is 6.08 Å². The van der Waals surface area contributed by atoms with Crippen LogP contribution in [0.25, 0.3) is 6.08 Å². The molecule has 0 spiro atoms. The van der Waals surface area contributed by atoms with Crippen molar-refractivity contribution in [1.82, 2.24) is 0 Å². The molecule has 0 amide bonds. The van der Waals surface area contributed by atoms with Crippen LogP contribution in [-0.2, 0) is 0 Å². The summed E-state index contributed by atoms with van der Waals surface area (Å²) < 4.78 is 10.7. The third-order valence-electron chi connectivity index (χ3n) is 3.10. The highest BCUT2D eigenvalue weighted by Gasteiger charge is 2.09. The molecule has 0 heterocycles. The maximum Gasteiger partial charge on any atom is 0.185 e. The van der Waals surface area contributed by atoms with Crippen molar-refractivity contribution in [1.29, 1.82) is 0 Å². The van der Waals surface area contributed by atoms with Crippen LogP contribution in [0.3, 0.4) is 0 Å². The minimum Gasteiger partial charge on any atom is -0.493 e. The summed E-state index contributed by atoms with van der Waals surface area (Å²) in [4.78, 5) is 12.3. The third-order valence-corrected chi connectivity index (χ3v) is 3.35. The van der Waals surface area contributed by atoms with Crippen LogP contribution < -0.4 is 9.47 Å². The second-order valence-electron chi connectivity index (χ2n) is 4.71. The fourth-order valence-corrected chi connectivity index (χ4v) is 2.06. The van der Waals surface area contributed by atoms with Gasteiger partial charge in [-0.05, 0) is 42.0 Å². The van der Waals surface area contributed by atoms with E-state index in [0.717, 1.165) is 5.56 Å². The normalized spacial score (nSPS) is 10.5. The Bertz CT molecular complexity index is 718. The van der Waals surface area contributed by atoms with Crippen LogP contribution in [0.4, 0.5) is 0 Å². The van der Waals surface area contributed by atoms with E-state index in [0.29, 0.717) is 28.7 Å². The second kappa shape index (κ2) is 8.20. The molecule has 0 aliphatic rings. The van der Waals surface area contributed by atoms with Gasteiger partial charge < -0.3 is 9.47 Å². The summed E-state index contributed by atoms with van der Waals surface area (Å²) in [5.74, 6) is 0.967. The van der Waals surface area contributed by atoms with Crippen LogP contribution in [0, 0.1) is 0 Å². The molecule has 2 aromatic carbocycles. The Morgan fingerprint density at radius 1 is 1.17 bits per heavy atom. The van der Waals surface area contributed by atoms with Crippen molar-refractivity contribution >= 4 is 23.5 Å². The fraction of sp³-hybridized carbons (Fsp3) is 0.105.